The van der Waals surface area contributed by atoms with Crippen molar-refractivity contribution in [3.05, 3.63) is 48.0 Å². The van der Waals surface area contributed by atoms with Crippen LogP contribution in [-0.2, 0) is 42.2 Å². The van der Waals surface area contributed by atoms with E-state index in [-0.39, 0.29) is 0 Å². The number of benzene rings is 2. The predicted octanol–water partition coefficient (Wildman–Crippen LogP) is 5.91. The molecule has 0 amide bonds. The second-order valence-corrected chi connectivity index (χ2v) is 12.4. The van der Waals surface area contributed by atoms with E-state index in [1.807, 2.05) is 0 Å². The summed E-state index contributed by atoms with van der Waals surface area (Å²) in [6, 6.07) is 3.90. The minimum atomic E-state index is -5.26. The van der Waals surface area contributed by atoms with Gasteiger partial charge in [-0.15, -0.1) is 0 Å². The molecular weight excluding hydrogens is 647 g/mol. The first-order valence-electron chi connectivity index (χ1n) is 8.93. The molecule has 0 aromatic heterocycles. The summed E-state index contributed by atoms with van der Waals surface area (Å²) in [6.45, 7) is -3.07. The Balaban J connectivity index is 1.99. The van der Waals surface area contributed by atoms with Crippen molar-refractivity contribution in [1.29, 1.82) is 0 Å². The van der Waals surface area contributed by atoms with E-state index in [4.69, 9.17) is 0 Å². The van der Waals surface area contributed by atoms with Crippen LogP contribution in [0.25, 0.3) is 0 Å². The van der Waals surface area contributed by atoms with Crippen molar-refractivity contribution in [2.75, 3.05) is 13.6 Å². The van der Waals surface area contributed by atoms with Gasteiger partial charge < -0.3 is 0 Å². The Kier molecular flexibility index (Phi) is 10.9. The van der Waals surface area contributed by atoms with Gasteiger partial charge in [-0.3, -0.25) is 0 Å². The van der Waals surface area contributed by atoms with Gasteiger partial charge in [-0.05, 0) is 47.8 Å². The Hall–Kier alpha value is -1.58. The van der Waals surface area contributed by atoms with Crippen LogP contribution in [-0.4, -0.2) is 41.4 Å². The summed E-state index contributed by atoms with van der Waals surface area (Å²) in [5.74, 6) is -3.23. The molecule has 0 N–H and O–H groups in total. The second-order valence-electron chi connectivity index (χ2n) is 6.09. The summed E-state index contributed by atoms with van der Waals surface area (Å²) in [4.78, 5) is -5.19. The summed E-state index contributed by atoms with van der Waals surface area (Å²) in [5.41, 5.74) is -10.00. The molecular formula is C16H10F8O9PS4+. The van der Waals surface area contributed by atoms with E-state index < -0.39 is 108 Å². The lowest BCUT2D eigenvalue weighted by Gasteiger charge is -2.11. The molecule has 0 aliphatic carbocycles. The Labute approximate surface area is 218 Å². The quantitative estimate of drug-likeness (QED) is 0.0891. The van der Waals surface area contributed by atoms with Crippen LogP contribution in [0.5, 0.6) is 0 Å². The molecule has 2 aromatic carbocycles. The van der Waals surface area contributed by atoms with Crippen molar-refractivity contribution in [3.8, 4) is 0 Å². The fourth-order valence-corrected chi connectivity index (χ4v) is 6.64. The molecule has 0 spiro atoms. The lowest BCUT2D eigenvalue weighted by atomic mass is 10.3. The third kappa shape index (κ3) is 9.87. The fourth-order valence-electron chi connectivity index (χ4n) is 2.28. The minimum Gasteiger partial charge on any atom is -0.232 e. The number of rotatable bonds is 12. The molecule has 2 aromatic rings. The highest BCUT2D eigenvalue weighted by Gasteiger charge is 2.37. The van der Waals surface area contributed by atoms with Gasteiger partial charge in [0.05, 0.1) is 0 Å². The average molecular weight is 657 g/mol. The van der Waals surface area contributed by atoms with Gasteiger partial charge in [-0.1, -0.05) is 21.2 Å². The Morgan fingerprint density at radius 3 is 1.34 bits per heavy atom. The van der Waals surface area contributed by atoms with Crippen LogP contribution >= 0.6 is 31.8 Å². The number of halogens is 8. The first-order chi connectivity index (χ1) is 17.3. The summed E-state index contributed by atoms with van der Waals surface area (Å²) in [5, 5.41) is 0. The molecule has 0 bridgehead atoms. The van der Waals surface area contributed by atoms with Crippen molar-refractivity contribution < 1.29 is 73.9 Å². The summed E-state index contributed by atoms with van der Waals surface area (Å²) < 4.78 is 181. The first kappa shape index (κ1) is 32.6. The molecule has 0 heterocycles. The van der Waals surface area contributed by atoms with Gasteiger partial charge in [0, 0.05) is 14.4 Å². The number of thioether (sulfide) groups is 2. The van der Waals surface area contributed by atoms with Gasteiger partial charge in [0.15, 0.2) is 0 Å². The van der Waals surface area contributed by atoms with E-state index in [1.165, 1.54) is 0 Å². The van der Waals surface area contributed by atoms with Crippen LogP contribution in [0.4, 0.5) is 35.1 Å². The largest absolute Gasteiger partial charge is 0.702 e. The number of alkyl halides is 6. The molecule has 0 fully saturated rings. The highest BCUT2D eigenvalue weighted by Crippen LogP contribution is 2.42. The molecule has 0 saturated carbocycles. The lowest BCUT2D eigenvalue weighted by Crippen LogP contribution is -2.14. The maximum atomic E-state index is 13.9. The summed E-state index contributed by atoms with van der Waals surface area (Å²) >= 11 is -1.92. The molecule has 212 valence electrons. The number of hydrogen-bond acceptors (Lipinski definition) is 11. The maximum absolute atomic E-state index is 13.9. The van der Waals surface area contributed by atoms with E-state index >= 15 is 0 Å². The Morgan fingerprint density at radius 1 is 0.684 bits per heavy atom. The molecule has 9 nitrogen and oxygen atoms in total. The van der Waals surface area contributed by atoms with E-state index in [2.05, 4.69) is 17.4 Å². The van der Waals surface area contributed by atoms with Gasteiger partial charge in [0.2, 0.25) is 13.6 Å². The molecule has 0 atom stereocenters. The van der Waals surface area contributed by atoms with Crippen molar-refractivity contribution >= 4 is 52.0 Å². The van der Waals surface area contributed by atoms with Crippen LogP contribution in [0.15, 0.2) is 56.0 Å². The van der Waals surface area contributed by atoms with Gasteiger partial charge in [0.25, 0.3) is 0 Å². The highest BCUT2D eigenvalue weighted by atomic mass is 32.2. The van der Waals surface area contributed by atoms with Crippen molar-refractivity contribution in [2.45, 2.75) is 30.6 Å². The standard InChI is InChI=1S/C16H10F8O9PS4/c17-9-3-1-5-11(35-15(19,20)21)13(9)37(26,27)32-7-30-34(25)31-8-33-38(28,29)14-10(18)4-2-6-12(14)36-16(22,23)24/h1-6H,7-8H2/q+1. The average Bonchev–Trinajstić information content (AvgIpc) is 2.70. The van der Waals surface area contributed by atoms with Crippen LogP contribution in [0.1, 0.15) is 0 Å². The molecule has 0 aliphatic rings. The van der Waals surface area contributed by atoms with Crippen molar-refractivity contribution in [1.82, 2.24) is 0 Å². The van der Waals surface area contributed by atoms with E-state index in [0.717, 1.165) is 12.1 Å². The van der Waals surface area contributed by atoms with Crippen molar-refractivity contribution in [2.24, 2.45) is 0 Å². The van der Waals surface area contributed by atoms with Crippen LogP contribution in [0.3, 0.4) is 0 Å². The van der Waals surface area contributed by atoms with Crippen LogP contribution in [0.2, 0.25) is 0 Å². The normalized spacial score (nSPS) is 13.1. The molecule has 0 unspecified atom stereocenters. The van der Waals surface area contributed by atoms with Gasteiger partial charge in [0.1, 0.15) is 21.4 Å². The topological polar surface area (TPSA) is 122 Å². The minimum absolute atomic E-state index is 0.521. The zero-order valence-electron chi connectivity index (χ0n) is 17.7. The second kappa shape index (κ2) is 12.7. The number of hydrogen-bond donors (Lipinski definition) is 0. The molecule has 2 rings (SSSR count). The molecule has 0 saturated heterocycles. The SMILES string of the molecule is O=[P+](OCOS(=O)(=O)c1c(F)cccc1SC(F)(F)F)OCOS(=O)(=O)c1c(F)cccc1SC(F)(F)F. The Morgan fingerprint density at radius 2 is 1.03 bits per heavy atom. The van der Waals surface area contributed by atoms with E-state index in [1.54, 1.807) is 0 Å². The molecule has 0 aliphatic heterocycles. The summed E-state index contributed by atoms with van der Waals surface area (Å²) in [6.07, 6.45) is 0. The lowest BCUT2D eigenvalue weighted by molar-refractivity contribution is -0.0338. The first-order valence-corrected chi connectivity index (χ1v) is 14.5. The molecule has 0 radical (unpaired) electrons. The monoisotopic (exact) mass is 657 g/mol. The molecule has 38 heavy (non-hydrogen) atoms. The molecule has 22 heteroatoms. The highest BCUT2D eigenvalue weighted by molar-refractivity contribution is 8.01. The van der Waals surface area contributed by atoms with Gasteiger partial charge in [-0.25, -0.2) is 17.1 Å². The maximum Gasteiger partial charge on any atom is 0.702 e. The van der Waals surface area contributed by atoms with Crippen LogP contribution in [0, 0.1) is 11.6 Å². The van der Waals surface area contributed by atoms with Crippen LogP contribution < -0.4 is 0 Å². The van der Waals surface area contributed by atoms with Gasteiger partial charge in [-0.2, -0.15) is 43.2 Å². The van der Waals surface area contributed by atoms with E-state index in [0.29, 0.717) is 24.3 Å². The van der Waals surface area contributed by atoms with E-state index in [9.17, 15) is 56.5 Å². The fraction of sp³-hybridized carbons (Fsp3) is 0.250. The third-order valence-corrected chi connectivity index (χ3v) is 8.65. The van der Waals surface area contributed by atoms with Crippen molar-refractivity contribution in [3.63, 3.8) is 0 Å². The zero-order valence-corrected chi connectivity index (χ0v) is 21.8. The zero-order chi connectivity index (χ0) is 28.9. The summed E-state index contributed by atoms with van der Waals surface area (Å²) in [7, 11) is -14.0. The smallest absolute Gasteiger partial charge is 0.232 e. The Bertz CT molecular complexity index is 1280. The van der Waals surface area contributed by atoms with Gasteiger partial charge >= 0.3 is 39.5 Å². The third-order valence-electron chi connectivity index (χ3n) is 3.54. The predicted molar refractivity (Wildman–Crippen MR) is 113 cm³/mol.